The number of benzene rings is 1. The van der Waals surface area contributed by atoms with Gasteiger partial charge in [0.15, 0.2) is 5.82 Å². The maximum absolute atomic E-state index is 4.49. The largest absolute Gasteiger partial charge is 0.361 e. The molecule has 2 unspecified atom stereocenters. The van der Waals surface area contributed by atoms with E-state index in [1.54, 1.807) is 0 Å². The molecule has 5 heteroatoms. The first-order valence-corrected chi connectivity index (χ1v) is 10.2. The van der Waals surface area contributed by atoms with Gasteiger partial charge in [0.05, 0.1) is 0 Å². The van der Waals surface area contributed by atoms with Gasteiger partial charge >= 0.3 is 0 Å². The molecular formula is C23H25N5. The van der Waals surface area contributed by atoms with Gasteiger partial charge in [-0.25, -0.2) is 0 Å². The molecule has 3 aromatic rings. The minimum atomic E-state index is 0.630. The Labute approximate surface area is 165 Å². The third-order valence-electron chi connectivity index (χ3n) is 6.20. The van der Waals surface area contributed by atoms with Crippen LogP contribution in [0.25, 0.3) is 10.9 Å². The normalized spacial score (nSPS) is 22.5. The van der Waals surface area contributed by atoms with E-state index in [0.29, 0.717) is 17.8 Å². The number of anilines is 1. The van der Waals surface area contributed by atoms with Crippen molar-refractivity contribution in [2.24, 2.45) is 0 Å². The number of aromatic nitrogens is 3. The van der Waals surface area contributed by atoms with Gasteiger partial charge in [-0.2, -0.15) is 0 Å². The van der Waals surface area contributed by atoms with Crippen LogP contribution < -0.4 is 4.90 Å². The Bertz CT molecular complexity index is 1010. The van der Waals surface area contributed by atoms with E-state index in [0.717, 1.165) is 30.0 Å². The van der Waals surface area contributed by atoms with Crippen LogP contribution in [0.5, 0.6) is 0 Å². The molecule has 4 heterocycles. The van der Waals surface area contributed by atoms with Crippen molar-refractivity contribution in [3.63, 3.8) is 0 Å². The molecule has 1 N–H and O–H groups in total. The molecule has 0 amide bonds. The molecule has 2 fully saturated rings. The number of hydrogen-bond donors (Lipinski definition) is 1. The van der Waals surface area contributed by atoms with Gasteiger partial charge in [0, 0.05) is 47.8 Å². The van der Waals surface area contributed by atoms with E-state index < -0.39 is 0 Å². The summed E-state index contributed by atoms with van der Waals surface area (Å²) in [5.41, 5.74) is 2.83. The monoisotopic (exact) mass is 371 g/mol. The Morgan fingerprint density at radius 2 is 1.79 bits per heavy atom. The molecule has 2 aliphatic rings. The van der Waals surface area contributed by atoms with Crippen molar-refractivity contribution in [1.82, 2.24) is 20.1 Å². The van der Waals surface area contributed by atoms with E-state index in [4.69, 9.17) is 0 Å². The van der Waals surface area contributed by atoms with Crippen LogP contribution in [0.4, 0.5) is 5.82 Å². The van der Waals surface area contributed by atoms with Crippen LogP contribution in [0.3, 0.4) is 0 Å². The number of rotatable bonds is 1. The summed E-state index contributed by atoms with van der Waals surface area (Å²) in [5, 5.41) is 10.0. The quantitative estimate of drug-likeness (QED) is 0.666. The molecule has 2 bridgehead atoms. The molecule has 2 atom stereocenters. The summed E-state index contributed by atoms with van der Waals surface area (Å²) in [4.78, 5) is 8.19. The summed E-state index contributed by atoms with van der Waals surface area (Å²) >= 11 is 0. The first kappa shape index (κ1) is 17.3. The molecule has 2 saturated heterocycles. The number of fused-ring (bicyclic) bond motifs is 3. The van der Waals surface area contributed by atoms with Crippen molar-refractivity contribution in [3.8, 4) is 11.8 Å². The fraction of sp³-hybridized carbons (Fsp3) is 0.391. The Morgan fingerprint density at radius 3 is 2.54 bits per heavy atom. The molecule has 0 aliphatic carbocycles. The second-order valence-electron chi connectivity index (χ2n) is 7.97. The van der Waals surface area contributed by atoms with Crippen molar-refractivity contribution in [3.05, 3.63) is 53.9 Å². The summed E-state index contributed by atoms with van der Waals surface area (Å²) < 4.78 is 0. The summed E-state index contributed by atoms with van der Waals surface area (Å²) in [5.74, 6) is 7.32. The molecule has 0 spiro atoms. The zero-order valence-electron chi connectivity index (χ0n) is 16.2. The van der Waals surface area contributed by atoms with E-state index in [-0.39, 0.29) is 0 Å². The molecule has 142 valence electrons. The molecule has 0 radical (unpaired) electrons. The fourth-order valence-corrected chi connectivity index (χ4v) is 4.50. The summed E-state index contributed by atoms with van der Waals surface area (Å²) in [6.07, 6.45) is 7.20. The number of hydrogen-bond acceptors (Lipinski definition) is 4. The lowest BCUT2D eigenvalue weighted by Crippen LogP contribution is -2.56. The van der Waals surface area contributed by atoms with Crippen LogP contribution in [-0.4, -0.2) is 52.3 Å². The molecule has 2 aliphatic heterocycles. The topological polar surface area (TPSA) is 48.0 Å². The van der Waals surface area contributed by atoms with Crippen molar-refractivity contribution in [2.75, 3.05) is 25.0 Å². The molecule has 5 rings (SSSR count). The standard InChI is InChI=1S/C23H25N5/c1-27-20-4-2-3-5-21(27)16-28(15-20)23-11-9-19(25-26-23)8-6-17-7-10-22-18(14-17)12-13-24-22/h7,9-14,20-21,24H,2-5,15-16H2,1H3. The van der Waals surface area contributed by atoms with Crippen molar-refractivity contribution >= 4 is 16.7 Å². The number of nitrogens with one attached hydrogen (secondary N) is 1. The average molecular weight is 371 g/mol. The van der Waals surface area contributed by atoms with Crippen LogP contribution in [0.2, 0.25) is 0 Å². The first-order chi connectivity index (χ1) is 13.8. The molecule has 1 aromatic carbocycles. The second kappa shape index (κ2) is 7.29. The van der Waals surface area contributed by atoms with E-state index in [9.17, 15) is 0 Å². The maximum atomic E-state index is 4.49. The highest BCUT2D eigenvalue weighted by atomic mass is 15.3. The van der Waals surface area contributed by atoms with Gasteiger partial charge in [-0.15, -0.1) is 10.2 Å². The third kappa shape index (κ3) is 3.36. The van der Waals surface area contributed by atoms with Gasteiger partial charge < -0.3 is 9.88 Å². The highest BCUT2D eigenvalue weighted by Crippen LogP contribution is 2.28. The van der Waals surface area contributed by atoms with Gasteiger partial charge in [0.25, 0.3) is 0 Å². The summed E-state index contributed by atoms with van der Waals surface area (Å²) in [6.45, 7) is 2.09. The van der Waals surface area contributed by atoms with Crippen molar-refractivity contribution in [2.45, 2.75) is 37.8 Å². The number of aromatic amines is 1. The highest BCUT2D eigenvalue weighted by molar-refractivity contribution is 5.80. The Morgan fingerprint density at radius 1 is 0.964 bits per heavy atom. The van der Waals surface area contributed by atoms with Gasteiger partial charge in [-0.3, -0.25) is 4.90 Å². The summed E-state index contributed by atoms with van der Waals surface area (Å²) in [6, 6.07) is 13.6. The smallest absolute Gasteiger partial charge is 0.151 e. The minimum Gasteiger partial charge on any atom is -0.361 e. The highest BCUT2D eigenvalue weighted by Gasteiger charge is 2.33. The minimum absolute atomic E-state index is 0.630. The Kier molecular flexibility index (Phi) is 4.50. The van der Waals surface area contributed by atoms with E-state index in [1.165, 1.54) is 31.1 Å². The SMILES string of the molecule is CN1C2CCCCC1CN(c1ccc(C#Cc3ccc4[nH]ccc4c3)nn1)C2. The molecular weight excluding hydrogens is 346 g/mol. The first-order valence-electron chi connectivity index (χ1n) is 10.2. The lowest BCUT2D eigenvalue weighted by atomic mass is 10.1. The number of nitrogens with zero attached hydrogens (tertiary/aromatic N) is 4. The fourth-order valence-electron chi connectivity index (χ4n) is 4.50. The van der Waals surface area contributed by atoms with Crippen LogP contribution in [0.15, 0.2) is 42.6 Å². The van der Waals surface area contributed by atoms with E-state index in [2.05, 4.69) is 68.1 Å². The maximum Gasteiger partial charge on any atom is 0.151 e. The van der Waals surface area contributed by atoms with Gasteiger partial charge in [-0.1, -0.05) is 18.8 Å². The molecule has 0 saturated carbocycles. The van der Waals surface area contributed by atoms with E-state index in [1.807, 2.05) is 18.3 Å². The zero-order chi connectivity index (χ0) is 18.9. The number of H-pyrrole nitrogens is 1. The Hall–Kier alpha value is -2.84. The van der Waals surface area contributed by atoms with Crippen molar-refractivity contribution in [1.29, 1.82) is 0 Å². The molecule has 28 heavy (non-hydrogen) atoms. The van der Waals surface area contributed by atoms with Crippen LogP contribution in [-0.2, 0) is 0 Å². The Balaban J connectivity index is 1.32. The average Bonchev–Trinajstić information content (AvgIpc) is 3.17. The second-order valence-corrected chi connectivity index (χ2v) is 7.97. The molecule has 2 aromatic heterocycles. The van der Waals surface area contributed by atoms with Gasteiger partial charge in [0.2, 0.25) is 0 Å². The van der Waals surface area contributed by atoms with E-state index >= 15 is 0 Å². The number of likely N-dealkylation sites (N-methyl/N-ethyl adjacent to an activating group) is 1. The summed E-state index contributed by atoms with van der Waals surface area (Å²) in [7, 11) is 2.28. The van der Waals surface area contributed by atoms with Gasteiger partial charge in [-0.05, 0) is 62.2 Å². The van der Waals surface area contributed by atoms with Crippen LogP contribution in [0.1, 0.15) is 36.9 Å². The number of piperazine rings is 1. The lowest BCUT2D eigenvalue weighted by Gasteiger charge is -2.44. The zero-order valence-corrected chi connectivity index (χ0v) is 16.2. The van der Waals surface area contributed by atoms with Gasteiger partial charge in [0.1, 0.15) is 5.69 Å². The lowest BCUT2D eigenvalue weighted by molar-refractivity contribution is 0.149. The predicted octanol–water partition coefficient (Wildman–Crippen LogP) is 3.42. The van der Waals surface area contributed by atoms with Crippen LogP contribution >= 0.6 is 0 Å². The predicted molar refractivity (Wildman–Crippen MR) is 112 cm³/mol. The third-order valence-corrected chi connectivity index (χ3v) is 6.20. The van der Waals surface area contributed by atoms with Crippen molar-refractivity contribution < 1.29 is 0 Å². The molecule has 5 nitrogen and oxygen atoms in total. The van der Waals surface area contributed by atoms with Crippen LogP contribution in [0, 0.1) is 11.8 Å².